The number of nitrogens with one attached hydrogen (secondary N) is 2. The molecule has 3 rings (SSSR count). The maximum absolute atomic E-state index is 13.4. The number of carboxylic acid groups (broad SMARTS) is 1. The highest BCUT2D eigenvalue weighted by Gasteiger charge is 2.31. The monoisotopic (exact) mass is 454 g/mol. The summed E-state index contributed by atoms with van der Waals surface area (Å²) in [5.74, 6) is -3.63. The lowest BCUT2D eigenvalue weighted by Crippen LogP contribution is -2.17. The molecule has 0 aliphatic carbocycles. The summed E-state index contributed by atoms with van der Waals surface area (Å²) in [6.07, 6.45) is -4.88. The second-order valence-electron chi connectivity index (χ2n) is 6.39. The Hall–Kier alpha value is -3.96. The fraction of sp³-hybridized carbons (Fsp3) is 0.150. The van der Waals surface area contributed by atoms with E-state index in [1.54, 1.807) is 0 Å². The number of ether oxygens (including phenoxy) is 1. The van der Waals surface area contributed by atoms with Crippen LogP contribution in [0.15, 0.2) is 48.5 Å². The van der Waals surface area contributed by atoms with Gasteiger partial charge in [0.1, 0.15) is 18.1 Å². The Bertz CT molecular complexity index is 1120. The van der Waals surface area contributed by atoms with E-state index in [2.05, 4.69) is 25.3 Å². The first kappa shape index (κ1) is 22.7. The van der Waals surface area contributed by atoms with Crippen LogP contribution in [0.2, 0.25) is 0 Å². The third-order valence-electron chi connectivity index (χ3n) is 3.94. The smallest absolute Gasteiger partial charge is 0.480 e. The summed E-state index contributed by atoms with van der Waals surface area (Å²) in [6, 6.07) is 9.74. The molecule has 7 nitrogen and oxygen atoms in total. The van der Waals surface area contributed by atoms with Crippen molar-refractivity contribution in [3.05, 3.63) is 65.7 Å². The molecule has 168 valence electrons. The first-order valence-corrected chi connectivity index (χ1v) is 8.98. The van der Waals surface area contributed by atoms with Crippen molar-refractivity contribution in [2.24, 2.45) is 0 Å². The number of aliphatic carboxylic acids is 1. The largest absolute Gasteiger partial charge is 0.573 e. The number of carbonyl (C=O) groups is 1. The molecule has 0 bridgehead atoms. The van der Waals surface area contributed by atoms with Gasteiger partial charge in [-0.15, -0.1) is 13.2 Å². The van der Waals surface area contributed by atoms with E-state index in [0.717, 1.165) is 24.3 Å². The van der Waals surface area contributed by atoms with Crippen LogP contribution in [-0.4, -0.2) is 34.0 Å². The molecular weight excluding hydrogens is 439 g/mol. The number of carboxylic acids is 1. The van der Waals surface area contributed by atoms with Gasteiger partial charge in [0.25, 0.3) is 0 Å². The molecule has 0 aliphatic rings. The lowest BCUT2D eigenvalue weighted by molar-refractivity contribution is -0.274. The van der Waals surface area contributed by atoms with Crippen LogP contribution in [0.4, 0.5) is 33.7 Å². The Kier molecular flexibility index (Phi) is 6.71. The van der Waals surface area contributed by atoms with Crippen molar-refractivity contribution in [2.75, 3.05) is 17.2 Å². The van der Waals surface area contributed by atoms with Gasteiger partial charge in [0.15, 0.2) is 11.6 Å². The zero-order valence-electron chi connectivity index (χ0n) is 16.1. The van der Waals surface area contributed by atoms with Crippen LogP contribution in [0.5, 0.6) is 5.75 Å². The fourth-order valence-electron chi connectivity index (χ4n) is 2.61. The molecule has 32 heavy (non-hydrogen) atoms. The first-order chi connectivity index (χ1) is 15.1. The molecule has 0 saturated carbocycles. The summed E-state index contributed by atoms with van der Waals surface area (Å²) < 4.78 is 68.0. The molecule has 12 heteroatoms. The molecule has 0 aliphatic heterocycles. The van der Waals surface area contributed by atoms with Gasteiger partial charge in [0, 0.05) is 18.2 Å². The van der Waals surface area contributed by atoms with E-state index < -0.39 is 36.3 Å². The quantitative estimate of drug-likeness (QED) is 0.434. The van der Waals surface area contributed by atoms with Gasteiger partial charge in [-0.05, 0) is 29.8 Å². The minimum atomic E-state index is -4.88. The molecule has 0 amide bonds. The molecule has 0 unspecified atom stereocenters. The van der Waals surface area contributed by atoms with E-state index in [1.165, 1.54) is 24.3 Å². The third kappa shape index (κ3) is 6.52. The number of aromatic nitrogens is 2. The maximum atomic E-state index is 13.4. The number of rotatable bonds is 8. The highest BCUT2D eigenvalue weighted by molar-refractivity contribution is 5.72. The van der Waals surface area contributed by atoms with Gasteiger partial charge in [-0.3, -0.25) is 4.79 Å². The van der Waals surface area contributed by atoms with E-state index >= 15 is 0 Å². The lowest BCUT2D eigenvalue weighted by atomic mass is 10.1. The number of halogens is 5. The highest BCUT2D eigenvalue weighted by atomic mass is 19.4. The van der Waals surface area contributed by atoms with Crippen molar-refractivity contribution in [3.63, 3.8) is 0 Å². The molecule has 0 spiro atoms. The van der Waals surface area contributed by atoms with E-state index in [-0.39, 0.29) is 29.6 Å². The van der Waals surface area contributed by atoms with Gasteiger partial charge >= 0.3 is 12.3 Å². The van der Waals surface area contributed by atoms with Crippen molar-refractivity contribution >= 4 is 17.7 Å². The van der Waals surface area contributed by atoms with Crippen LogP contribution in [0.1, 0.15) is 5.56 Å². The molecule has 0 fully saturated rings. The average Bonchev–Trinajstić information content (AvgIpc) is 2.72. The van der Waals surface area contributed by atoms with Crippen LogP contribution in [-0.2, 0) is 11.3 Å². The Morgan fingerprint density at radius 2 is 1.78 bits per heavy atom. The SMILES string of the molecule is O=C(O)CNc1nc(NCc2ccc(F)c(F)c2)cc(-c2cccc(OC(F)(F)F)c2)n1. The van der Waals surface area contributed by atoms with Crippen molar-refractivity contribution in [2.45, 2.75) is 12.9 Å². The molecule has 1 heterocycles. The summed E-state index contributed by atoms with van der Waals surface area (Å²) in [7, 11) is 0. The standard InChI is InChI=1S/C20H15F5N4O3/c21-14-5-4-11(6-15(14)22)9-26-17-8-16(28-19(29-17)27-10-18(30)31)12-2-1-3-13(7-12)32-20(23,24)25/h1-8H,9-10H2,(H,30,31)(H2,26,27,28,29). The number of hydrogen-bond acceptors (Lipinski definition) is 6. The zero-order valence-corrected chi connectivity index (χ0v) is 16.1. The zero-order chi connectivity index (χ0) is 23.3. The minimum absolute atomic E-state index is 0.0310. The van der Waals surface area contributed by atoms with Crippen LogP contribution in [0, 0.1) is 11.6 Å². The van der Waals surface area contributed by atoms with E-state index in [9.17, 15) is 26.7 Å². The Balaban J connectivity index is 1.89. The molecule has 2 aromatic carbocycles. The van der Waals surface area contributed by atoms with Crippen molar-refractivity contribution in [1.29, 1.82) is 0 Å². The third-order valence-corrected chi connectivity index (χ3v) is 3.94. The second-order valence-corrected chi connectivity index (χ2v) is 6.39. The summed E-state index contributed by atoms with van der Waals surface area (Å²) >= 11 is 0. The molecule has 0 atom stereocenters. The van der Waals surface area contributed by atoms with Gasteiger partial charge in [-0.1, -0.05) is 18.2 Å². The van der Waals surface area contributed by atoms with Crippen molar-refractivity contribution in [3.8, 4) is 17.0 Å². The van der Waals surface area contributed by atoms with Gasteiger partial charge < -0.3 is 20.5 Å². The van der Waals surface area contributed by atoms with Crippen LogP contribution in [0.3, 0.4) is 0 Å². The maximum Gasteiger partial charge on any atom is 0.573 e. The van der Waals surface area contributed by atoms with Gasteiger partial charge in [0.05, 0.1) is 5.69 Å². The summed E-state index contributed by atoms with van der Waals surface area (Å²) in [5, 5.41) is 14.2. The van der Waals surface area contributed by atoms with Gasteiger partial charge in [0.2, 0.25) is 5.95 Å². The molecule has 0 saturated heterocycles. The van der Waals surface area contributed by atoms with E-state index in [0.29, 0.717) is 5.56 Å². The van der Waals surface area contributed by atoms with Gasteiger partial charge in [-0.25, -0.2) is 13.8 Å². The Morgan fingerprint density at radius 3 is 2.47 bits per heavy atom. The number of nitrogens with zero attached hydrogens (tertiary/aromatic N) is 2. The number of hydrogen-bond donors (Lipinski definition) is 3. The van der Waals surface area contributed by atoms with E-state index in [1.807, 2.05) is 0 Å². The normalized spacial score (nSPS) is 11.2. The second kappa shape index (κ2) is 9.45. The summed E-state index contributed by atoms with van der Waals surface area (Å²) in [5.41, 5.74) is 0.793. The molecule has 3 aromatic rings. The average molecular weight is 454 g/mol. The number of alkyl halides is 3. The van der Waals surface area contributed by atoms with Crippen molar-refractivity contribution < 1.29 is 36.6 Å². The number of benzene rings is 2. The Labute approximate surface area is 177 Å². The van der Waals surface area contributed by atoms with Crippen LogP contribution >= 0.6 is 0 Å². The summed E-state index contributed by atoms with van der Waals surface area (Å²) in [6.45, 7) is -0.480. The highest BCUT2D eigenvalue weighted by Crippen LogP contribution is 2.28. The number of anilines is 2. The molecule has 3 N–H and O–H groups in total. The Morgan fingerprint density at radius 1 is 1.00 bits per heavy atom. The summed E-state index contributed by atoms with van der Waals surface area (Å²) in [4.78, 5) is 19.1. The minimum Gasteiger partial charge on any atom is -0.480 e. The van der Waals surface area contributed by atoms with Gasteiger partial charge in [-0.2, -0.15) is 4.98 Å². The fourth-order valence-corrected chi connectivity index (χ4v) is 2.61. The van der Waals surface area contributed by atoms with Crippen LogP contribution in [0.25, 0.3) is 11.3 Å². The molecule has 1 aromatic heterocycles. The predicted molar refractivity (Wildman–Crippen MR) is 104 cm³/mol. The topological polar surface area (TPSA) is 96.4 Å². The molecular formula is C20H15F5N4O3. The van der Waals surface area contributed by atoms with E-state index in [4.69, 9.17) is 5.11 Å². The first-order valence-electron chi connectivity index (χ1n) is 8.98. The lowest BCUT2D eigenvalue weighted by Gasteiger charge is -2.13. The van der Waals surface area contributed by atoms with Crippen LogP contribution < -0.4 is 15.4 Å². The van der Waals surface area contributed by atoms with Crippen molar-refractivity contribution in [1.82, 2.24) is 9.97 Å². The predicted octanol–water partition coefficient (Wildman–Crippen LogP) is 4.43. The molecule has 0 radical (unpaired) electrons.